The van der Waals surface area contributed by atoms with E-state index in [1.165, 1.54) is 4.90 Å². The number of benzene rings is 1. The van der Waals surface area contributed by atoms with Crippen molar-refractivity contribution in [3.05, 3.63) is 27.7 Å². The lowest BCUT2D eigenvalue weighted by Gasteiger charge is -2.25. The zero-order valence-electron chi connectivity index (χ0n) is 11.7. The largest absolute Gasteiger partial charge is 0.274 e. The van der Waals surface area contributed by atoms with Crippen molar-refractivity contribution in [1.82, 2.24) is 0 Å². The molecular formula is C16H17BrClNO2. The molecule has 3 nitrogen and oxygen atoms in total. The molecule has 5 heteroatoms. The van der Waals surface area contributed by atoms with E-state index in [1.807, 2.05) is 0 Å². The Labute approximate surface area is 137 Å². The van der Waals surface area contributed by atoms with Gasteiger partial charge in [-0.2, -0.15) is 0 Å². The number of carbonyl (C=O) groups excluding carboxylic acids is 2. The smallest absolute Gasteiger partial charge is 0.240 e. The number of amides is 2. The molecule has 2 aliphatic rings. The summed E-state index contributed by atoms with van der Waals surface area (Å²) in [6.45, 7) is 0. The van der Waals surface area contributed by atoms with E-state index in [0.717, 1.165) is 38.5 Å². The third-order valence-corrected chi connectivity index (χ3v) is 6.01. The highest BCUT2D eigenvalue weighted by molar-refractivity contribution is 9.10. The van der Waals surface area contributed by atoms with Crippen LogP contribution in [0.4, 0.5) is 5.69 Å². The zero-order chi connectivity index (χ0) is 15.0. The lowest BCUT2D eigenvalue weighted by Crippen LogP contribution is -2.35. The first-order valence-corrected chi connectivity index (χ1v) is 8.54. The van der Waals surface area contributed by atoms with E-state index in [4.69, 9.17) is 11.6 Å². The molecule has 1 saturated heterocycles. The first-order chi connectivity index (χ1) is 10.1. The summed E-state index contributed by atoms with van der Waals surface area (Å²) in [6.07, 6.45) is 6.37. The summed E-state index contributed by atoms with van der Waals surface area (Å²) < 4.78 is 0.610. The Balaban J connectivity index is 1.99. The third-order valence-electron chi connectivity index (χ3n) is 4.63. The van der Waals surface area contributed by atoms with Gasteiger partial charge < -0.3 is 0 Å². The summed E-state index contributed by atoms with van der Waals surface area (Å²) >= 11 is 9.49. The fourth-order valence-corrected chi connectivity index (χ4v) is 4.11. The van der Waals surface area contributed by atoms with Gasteiger partial charge in [-0.25, -0.2) is 4.90 Å². The third kappa shape index (κ3) is 2.53. The molecule has 0 unspecified atom stereocenters. The molecule has 1 spiro atoms. The summed E-state index contributed by atoms with van der Waals surface area (Å²) in [4.78, 5) is 26.8. The van der Waals surface area contributed by atoms with Crippen LogP contribution < -0.4 is 4.90 Å². The van der Waals surface area contributed by atoms with E-state index >= 15 is 0 Å². The van der Waals surface area contributed by atoms with E-state index in [9.17, 15) is 9.59 Å². The van der Waals surface area contributed by atoms with Crippen LogP contribution in [0.2, 0.25) is 5.02 Å². The maximum Gasteiger partial charge on any atom is 0.240 e. The van der Waals surface area contributed by atoms with Gasteiger partial charge in [0.15, 0.2) is 0 Å². The highest BCUT2D eigenvalue weighted by atomic mass is 79.9. The second-order valence-corrected chi connectivity index (χ2v) is 7.18. The SMILES string of the molecule is O=C1CC2(CCCCCC2)C(=O)N1c1cccc(Cl)c1Br. The predicted octanol–water partition coefficient (Wildman–Crippen LogP) is 4.71. The Morgan fingerprint density at radius 2 is 1.76 bits per heavy atom. The van der Waals surface area contributed by atoms with Gasteiger partial charge in [0.2, 0.25) is 11.8 Å². The van der Waals surface area contributed by atoms with E-state index in [2.05, 4.69) is 15.9 Å². The van der Waals surface area contributed by atoms with Crippen molar-refractivity contribution in [2.45, 2.75) is 44.9 Å². The quantitative estimate of drug-likeness (QED) is 0.672. The van der Waals surface area contributed by atoms with Crippen molar-refractivity contribution in [2.75, 3.05) is 4.90 Å². The average molecular weight is 371 g/mol. The molecule has 0 atom stereocenters. The van der Waals surface area contributed by atoms with Gasteiger partial charge in [0, 0.05) is 6.42 Å². The van der Waals surface area contributed by atoms with Crippen LogP contribution in [0.5, 0.6) is 0 Å². The number of imide groups is 1. The van der Waals surface area contributed by atoms with E-state index in [0.29, 0.717) is 21.6 Å². The molecule has 0 bridgehead atoms. The Morgan fingerprint density at radius 1 is 1.10 bits per heavy atom. The number of hydrogen-bond acceptors (Lipinski definition) is 2. The summed E-state index contributed by atoms with van der Waals surface area (Å²) in [7, 11) is 0. The molecule has 3 rings (SSSR count). The van der Waals surface area contributed by atoms with Crippen LogP contribution in [0.15, 0.2) is 22.7 Å². The van der Waals surface area contributed by atoms with Crippen LogP contribution in [0.25, 0.3) is 0 Å². The minimum Gasteiger partial charge on any atom is -0.274 e. The van der Waals surface area contributed by atoms with Crippen molar-refractivity contribution in [2.24, 2.45) is 5.41 Å². The normalized spacial score (nSPS) is 21.9. The fourth-order valence-electron chi connectivity index (χ4n) is 3.50. The van der Waals surface area contributed by atoms with Gasteiger partial charge in [0.1, 0.15) is 0 Å². The molecule has 1 aliphatic heterocycles. The van der Waals surface area contributed by atoms with Gasteiger partial charge in [-0.3, -0.25) is 9.59 Å². The van der Waals surface area contributed by atoms with E-state index in [-0.39, 0.29) is 11.8 Å². The summed E-state index contributed by atoms with van der Waals surface area (Å²) in [5, 5.41) is 0.509. The molecule has 21 heavy (non-hydrogen) atoms. The van der Waals surface area contributed by atoms with Crippen molar-refractivity contribution >= 4 is 45.0 Å². The number of anilines is 1. The predicted molar refractivity (Wildman–Crippen MR) is 86.4 cm³/mol. The van der Waals surface area contributed by atoms with Crippen molar-refractivity contribution in [3.8, 4) is 0 Å². The molecule has 1 aromatic rings. The topological polar surface area (TPSA) is 37.4 Å². The molecule has 112 valence electrons. The van der Waals surface area contributed by atoms with Crippen LogP contribution in [0.1, 0.15) is 44.9 Å². The fraction of sp³-hybridized carbons (Fsp3) is 0.500. The molecule has 2 amide bonds. The number of rotatable bonds is 1. The monoisotopic (exact) mass is 369 g/mol. The van der Waals surface area contributed by atoms with Crippen LogP contribution in [-0.4, -0.2) is 11.8 Å². The molecule has 1 saturated carbocycles. The molecule has 0 aromatic heterocycles. The van der Waals surface area contributed by atoms with Crippen molar-refractivity contribution < 1.29 is 9.59 Å². The molecule has 0 N–H and O–H groups in total. The Hall–Kier alpha value is -0.870. The number of halogens is 2. The minimum atomic E-state index is -0.477. The lowest BCUT2D eigenvalue weighted by atomic mass is 9.79. The van der Waals surface area contributed by atoms with Gasteiger partial charge >= 0.3 is 0 Å². The van der Waals surface area contributed by atoms with Gasteiger partial charge in [0.25, 0.3) is 0 Å². The minimum absolute atomic E-state index is 0.0441. The van der Waals surface area contributed by atoms with Gasteiger partial charge in [0.05, 0.1) is 20.6 Å². The van der Waals surface area contributed by atoms with Crippen molar-refractivity contribution in [1.29, 1.82) is 0 Å². The molecule has 1 aliphatic carbocycles. The number of carbonyl (C=O) groups is 2. The first kappa shape index (κ1) is 15.0. The van der Waals surface area contributed by atoms with E-state index < -0.39 is 5.41 Å². The maximum atomic E-state index is 13.0. The first-order valence-electron chi connectivity index (χ1n) is 7.37. The van der Waals surface area contributed by atoms with Gasteiger partial charge in [-0.1, -0.05) is 43.4 Å². The Kier molecular flexibility index (Phi) is 4.10. The van der Waals surface area contributed by atoms with Crippen molar-refractivity contribution in [3.63, 3.8) is 0 Å². The Bertz CT molecular complexity index is 594. The lowest BCUT2D eigenvalue weighted by molar-refractivity contribution is -0.126. The van der Waals surface area contributed by atoms with E-state index in [1.54, 1.807) is 18.2 Å². The molecule has 1 aromatic carbocycles. The Morgan fingerprint density at radius 3 is 2.43 bits per heavy atom. The number of hydrogen-bond donors (Lipinski definition) is 0. The highest BCUT2D eigenvalue weighted by Crippen LogP contribution is 2.47. The molecule has 1 heterocycles. The van der Waals surface area contributed by atoms with Gasteiger partial charge in [-0.15, -0.1) is 0 Å². The molecule has 0 radical (unpaired) electrons. The van der Waals surface area contributed by atoms with Crippen LogP contribution in [0, 0.1) is 5.41 Å². The van der Waals surface area contributed by atoms with Crippen LogP contribution in [0.3, 0.4) is 0 Å². The molecule has 2 fully saturated rings. The van der Waals surface area contributed by atoms with Crippen LogP contribution >= 0.6 is 27.5 Å². The zero-order valence-corrected chi connectivity index (χ0v) is 14.0. The summed E-state index contributed by atoms with van der Waals surface area (Å²) in [5.74, 6) is -0.151. The number of nitrogens with zero attached hydrogens (tertiary/aromatic N) is 1. The second-order valence-electron chi connectivity index (χ2n) is 5.98. The maximum absolute atomic E-state index is 13.0. The standard InChI is InChI=1S/C16H17BrClNO2/c17-14-11(18)6-5-7-12(14)19-13(20)10-16(15(19)21)8-3-1-2-4-9-16/h5-7H,1-4,8-10H2. The average Bonchev–Trinajstić information content (AvgIpc) is 2.62. The highest BCUT2D eigenvalue weighted by Gasteiger charge is 2.51. The molecular weight excluding hydrogens is 354 g/mol. The summed E-state index contributed by atoms with van der Waals surface area (Å²) in [5.41, 5.74) is 0.0913. The second kappa shape index (κ2) is 5.73. The van der Waals surface area contributed by atoms with Crippen LogP contribution in [-0.2, 0) is 9.59 Å². The van der Waals surface area contributed by atoms with Gasteiger partial charge in [-0.05, 0) is 40.9 Å². The summed E-state index contributed by atoms with van der Waals surface area (Å²) in [6, 6.07) is 5.27.